The highest BCUT2D eigenvalue weighted by atomic mass is 19.1. The van der Waals surface area contributed by atoms with Crippen molar-refractivity contribution in [3.8, 4) is 11.8 Å². The Morgan fingerprint density at radius 2 is 2.11 bits per heavy atom. The maximum Gasteiger partial charge on any atom is 0.340 e. The number of nitrogens with one attached hydrogen (secondary N) is 1. The zero-order chi connectivity index (χ0) is 19.5. The summed E-state index contributed by atoms with van der Waals surface area (Å²) in [4.78, 5) is 16.1. The Balaban J connectivity index is 2.31. The molecule has 8 nitrogen and oxygen atoms in total. The van der Waals surface area contributed by atoms with Crippen LogP contribution in [0, 0.1) is 31.0 Å². The number of anilines is 1. The van der Waals surface area contributed by atoms with Crippen molar-refractivity contribution in [1.29, 1.82) is 5.26 Å². The number of carbonyl (C=O) groups is 1. The SMILES string of the molecule is Cc1cc2c(C(=O)O)c(N)n(-c3c(C)c(F)cc4[nH]ncc34)c2c(C#N)n1. The van der Waals surface area contributed by atoms with Gasteiger partial charge in [0.15, 0.2) is 5.69 Å². The van der Waals surface area contributed by atoms with Gasteiger partial charge in [-0.1, -0.05) is 0 Å². The number of carboxylic acids is 1. The van der Waals surface area contributed by atoms with E-state index in [-0.39, 0.29) is 33.5 Å². The van der Waals surface area contributed by atoms with Crippen LogP contribution in [0.25, 0.3) is 27.5 Å². The highest BCUT2D eigenvalue weighted by Gasteiger charge is 2.27. The predicted octanol–water partition coefficient (Wildman–Crippen LogP) is 2.81. The van der Waals surface area contributed by atoms with Crippen LogP contribution in [0.5, 0.6) is 0 Å². The number of nitrogen functional groups attached to an aromatic ring is 1. The summed E-state index contributed by atoms with van der Waals surface area (Å²) in [6.07, 6.45) is 1.50. The lowest BCUT2D eigenvalue weighted by molar-refractivity contribution is 0.0700. The zero-order valence-corrected chi connectivity index (χ0v) is 14.3. The Morgan fingerprint density at radius 1 is 1.37 bits per heavy atom. The van der Waals surface area contributed by atoms with Crippen molar-refractivity contribution in [3.63, 3.8) is 0 Å². The number of rotatable bonds is 2. The standard InChI is InChI=1S/C18H13FN6O2/c1-7-3-9-14(18(26)27)17(21)25(16(9)13(5-20)23-7)15-8(2)11(19)4-12-10(15)6-22-24-12/h3-4,6H,21H2,1-2H3,(H,22,24)(H,26,27). The van der Waals surface area contributed by atoms with Crippen LogP contribution in [0.2, 0.25) is 0 Å². The summed E-state index contributed by atoms with van der Waals surface area (Å²) in [5, 5.41) is 26.7. The van der Waals surface area contributed by atoms with Crippen LogP contribution in [0.3, 0.4) is 0 Å². The molecule has 0 aliphatic rings. The van der Waals surface area contributed by atoms with Crippen LogP contribution >= 0.6 is 0 Å². The molecule has 3 heterocycles. The lowest BCUT2D eigenvalue weighted by Crippen LogP contribution is -2.07. The van der Waals surface area contributed by atoms with Crippen LogP contribution in [-0.2, 0) is 0 Å². The van der Waals surface area contributed by atoms with E-state index in [0.29, 0.717) is 22.3 Å². The Labute approximate surface area is 151 Å². The summed E-state index contributed by atoms with van der Waals surface area (Å²) in [5.74, 6) is -1.88. The molecule has 4 aromatic rings. The second-order valence-electron chi connectivity index (χ2n) is 6.18. The number of nitrogens with zero attached hydrogens (tertiary/aromatic N) is 4. The summed E-state index contributed by atoms with van der Waals surface area (Å²) >= 11 is 0. The number of aromatic nitrogens is 4. The van der Waals surface area contributed by atoms with Crippen molar-refractivity contribution in [2.45, 2.75) is 13.8 Å². The van der Waals surface area contributed by atoms with E-state index in [1.807, 2.05) is 6.07 Å². The average molecular weight is 364 g/mol. The van der Waals surface area contributed by atoms with Gasteiger partial charge in [-0.25, -0.2) is 14.2 Å². The van der Waals surface area contributed by atoms with Crippen LogP contribution in [0.15, 0.2) is 18.3 Å². The van der Waals surface area contributed by atoms with Crippen LogP contribution in [-0.4, -0.2) is 30.8 Å². The van der Waals surface area contributed by atoms with E-state index in [0.717, 1.165) is 0 Å². The third-order valence-electron chi connectivity index (χ3n) is 4.56. The molecule has 0 bridgehead atoms. The maximum absolute atomic E-state index is 14.5. The van der Waals surface area contributed by atoms with E-state index >= 15 is 0 Å². The minimum atomic E-state index is -1.25. The number of H-pyrrole nitrogens is 1. The molecule has 0 saturated heterocycles. The Kier molecular flexibility index (Phi) is 3.39. The number of aromatic carboxylic acids is 1. The minimum Gasteiger partial charge on any atom is -0.478 e. The molecule has 9 heteroatoms. The Bertz CT molecular complexity index is 1310. The molecule has 4 rings (SSSR count). The fourth-order valence-corrected chi connectivity index (χ4v) is 3.42. The molecule has 0 radical (unpaired) electrons. The molecule has 27 heavy (non-hydrogen) atoms. The monoisotopic (exact) mass is 364 g/mol. The molecule has 0 atom stereocenters. The van der Waals surface area contributed by atoms with Gasteiger partial charge in [0.25, 0.3) is 0 Å². The first-order valence-corrected chi connectivity index (χ1v) is 7.92. The van der Waals surface area contributed by atoms with Gasteiger partial charge >= 0.3 is 5.97 Å². The van der Waals surface area contributed by atoms with Gasteiger partial charge in [-0.2, -0.15) is 10.4 Å². The molecular formula is C18H13FN6O2. The van der Waals surface area contributed by atoms with E-state index < -0.39 is 11.8 Å². The van der Waals surface area contributed by atoms with E-state index in [1.54, 1.807) is 19.9 Å². The van der Waals surface area contributed by atoms with Gasteiger partial charge in [0, 0.05) is 22.0 Å². The number of nitrogens with two attached hydrogens (primary N) is 1. The van der Waals surface area contributed by atoms with Gasteiger partial charge in [0.2, 0.25) is 0 Å². The topological polar surface area (TPSA) is 134 Å². The van der Waals surface area contributed by atoms with Crippen LogP contribution in [0.1, 0.15) is 27.3 Å². The van der Waals surface area contributed by atoms with Crippen molar-refractivity contribution >= 4 is 33.6 Å². The number of carboxylic acid groups (broad SMARTS) is 1. The fourth-order valence-electron chi connectivity index (χ4n) is 3.42. The summed E-state index contributed by atoms with van der Waals surface area (Å²) in [5.41, 5.74) is 7.71. The normalized spacial score (nSPS) is 11.2. The van der Waals surface area contributed by atoms with Crippen molar-refractivity contribution in [2.24, 2.45) is 0 Å². The quantitative estimate of drug-likeness (QED) is 0.501. The molecule has 0 aliphatic heterocycles. The number of nitriles is 1. The number of fused-ring (bicyclic) bond motifs is 2. The fraction of sp³-hybridized carbons (Fsp3) is 0.111. The summed E-state index contributed by atoms with van der Waals surface area (Å²) < 4.78 is 15.9. The van der Waals surface area contributed by atoms with E-state index in [4.69, 9.17) is 5.73 Å². The van der Waals surface area contributed by atoms with Crippen molar-refractivity contribution in [1.82, 2.24) is 19.7 Å². The maximum atomic E-state index is 14.5. The van der Waals surface area contributed by atoms with Gasteiger partial charge in [-0.15, -0.1) is 0 Å². The molecule has 0 spiro atoms. The second kappa shape index (κ2) is 5.54. The Morgan fingerprint density at radius 3 is 2.78 bits per heavy atom. The number of pyridine rings is 1. The molecule has 4 N–H and O–H groups in total. The molecule has 0 fully saturated rings. The van der Waals surface area contributed by atoms with E-state index in [1.165, 1.54) is 16.8 Å². The molecular weight excluding hydrogens is 351 g/mol. The van der Waals surface area contributed by atoms with Crippen molar-refractivity contribution in [3.05, 3.63) is 46.7 Å². The smallest absolute Gasteiger partial charge is 0.340 e. The van der Waals surface area contributed by atoms with Gasteiger partial charge in [0.05, 0.1) is 22.9 Å². The lowest BCUT2D eigenvalue weighted by Gasteiger charge is -2.14. The first-order chi connectivity index (χ1) is 12.8. The molecule has 0 saturated carbocycles. The third kappa shape index (κ3) is 2.17. The molecule has 0 aliphatic carbocycles. The van der Waals surface area contributed by atoms with E-state index in [2.05, 4.69) is 15.2 Å². The van der Waals surface area contributed by atoms with Crippen LogP contribution < -0.4 is 5.73 Å². The molecule has 0 unspecified atom stereocenters. The lowest BCUT2D eigenvalue weighted by atomic mass is 10.1. The third-order valence-corrected chi connectivity index (χ3v) is 4.56. The van der Waals surface area contributed by atoms with Gasteiger partial charge in [-0.3, -0.25) is 9.67 Å². The highest BCUT2D eigenvalue weighted by molar-refractivity contribution is 6.11. The van der Waals surface area contributed by atoms with E-state index in [9.17, 15) is 19.6 Å². The summed E-state index contributed by atoms with van der Waals surface area (Å²) in [7, 11) is 0. The first kappa shape index (κ1) is 16.5. The minimum absolute atomic E-state index is 0.00417. The van der Waals surface area contributed by atoms with Gasteiger partial charge < -0.3 is 10.8 Å². The largest absolute Gasteiger partial charge is 0.478 e. The number of aromatic amines is 1. The molecule has 134 valence electrons. The number of hydrogen-bond donors (Lipinski definition) is 3. The Hall–Kier alpha value is -3.93. The molecule has 1 aromatic carbocycles. The summed E-state index contributed by atoms with van der Waals surface area (Å²) in [6, 6.07) is 4.83. The summed E-state index contributed by atoms with van der Waals surface area (Å²) in [6.45, 7) is 3.21. The zero-order valence-electron chi connectivity index (χ0n) is 14.3. The second-order valence-corrected chi connectivity index (χ2v) is 6.18. The average Bonchev–Trinajstić information content (AvgIpc) is 3.17. The number of halogens is 1. The number of benzene rings is 1. The molecule has 3 aromatic heterocycles. The van der Waals surface area contributed by atoms with Gasteiger partial charge in [0.1, 0.15) is 23.3 Å². The number of hydrogen-bond acceptors (Lipinski definition) is 5. The molecule has 0 amide bonds. The highest BCUT2D eigenvalue weighted by Crippen LogP contribution is 2.37. The predicted molar refractivity (Wildman–Crippen MR) is 96.2 cm³/mol. The van der Waals surface area contributed by atoms with Gasteiger partial charge in [-0.05, 0) is 26.0 Å². The van der Waals surface area contributed by atoms with Crippen molar-refractivity contribution < 1.29 is 14.3 Å². The number of aryl methyl sites for hydroxylation is 1. The van der Waals surface area contributed by atoms with Crippen molar-refractivity contribution in [2.75, 3.05) is 5.73 Å². The van der Waals surface area contributed by atoms with Crippen LogP contribution in [0.4, 0.5) is 10.2 Å². The first-order valence-electron chi connectivity index (χ1n) is 7.92.